The molecule has 0 aliphatic carbocycles. The minimum atomic E-state index is -0.789. The molecule has 8 heteroatoms. The fourth-order valence-electron chi connectivity index (χ4n) is 2.46. The van der Waals surface area contributed by atoms with Gasteiger partial charge in [0.2, 0.25) is 5.96 Å². The van der Waals surface area contributed by atoms with Crippen molar-refractivity contribution in [3.8, 4) is 0 Å². The molecule has 0 heterocycles. The van der Waals surface area contributed by atoms with E-state index in [0.717, 1.165) is 0 Å². The van der Waals surface area contributed by atoms with Crippen LogP contribution in [0.1, 0.15) is 57.5 Å². The summed E-state index contributed by atoms with van der Waals surface area (Å²) in [6.45, 7) is 10.3. The fourth-order valence-corrected chi connectivity index (χ4v) is 2.46. The zero-order valence-corrected chi connectivity index (χ0v) is 19.2. The van der Waals surface area contributed by atoms with Crippen LogP contribution < -0.4 is 10.6 Å². The molecule has 0 aromatic heterocycles. The van der Waals surface area contributed by atoms with Gasteiger partial charge in [0.05, 0.1) is 5.69 Å². The molecule has 8 nitrogen and oxygen atoms in total. The van der Waals surface area contributed by atoms with Gasteiger partial charge < -0.3 is 9.47 Å². The number of guanidine groups is 1. The minimum absolute atomic E-state index is 0.125. The third kappa shape index (κ3) is 8.59. The van der Waals surface area contributed by atoms with Gasteiger partial charge in [-0.25, -0.2) is 14.6 Å². The van der Waals surface area contributed by atoms with Crippen molar-refractivity contribution >= 4 is 29.6 Å². The van der Waals surface area contributed by atoms with Crippen LogP contribution in [0.4, 0.5) is 15.3 Å². The molecule has 2 rings (SSSR count). The quantitative estimate of drug-likeness (QED) is 0.400. The number of carbonyl (C=O) groups excluding carboxylic acids is 3. The van der Waals surface area contributed by atoms with Crippen molar-refractivity contribution < 1.29 is 23.9 Å². The molecule has 0 atom stereocenters. The average Bonchev–Trinajstić information content (AvgIpc) is 2.65. The number of nitrogens with zero attached hydrogens (tertiary/aromatic N) is 1. The summed E-state index contributed by atoms with van der Waals surface area (Å²) in [5.74, 6) is -0.296. The van der Waals surface area contributed by atoms with Crippen LogP contribution in [0, 0.1) is 0 Å². The first-order valence-electron chi connectivity index (χ1n) is 10.1. The topological polar surface area (TPSA) is 106 Å². The molecule has 32 heavy (non-hydrogen) atoms. The zero-order valence-electron chi connectivity index (χ0n) is 19.2. The van der Waals surface area contributed by atoms with Crippen LogP contribution in [-0.2, 0) is 9.47 Å². The number of aliphatic imine (C=N–C) groups is 1. The van der Waals surface area contributed by atoms with Crippen LogP contribution in [0.15, 0.2) is 59.6 Å². The number of rotatable bonds is 3. The van der Waals surface area contributed by atoms with E-state index in [2.05, 4.69) is 15.6 Å². The number of hydrogen-bond acceptors (Lipinski definition) is 6. The van der Waals surface area contributed by atoms with E-state index < -0.39 is 23.4 Å². The maximum atomic E-state index is 12.6. The van der Waals surface area contributed by atoms with Crippen molar-refractivity contribution in [1.29, 1.82) is 0 Å². The Bertz CT molecular complexity index is 953. The number of nitrogens with one attached hydrogen (secondary N) is 2. The van der Waals surface area contributed by atoms with Crippen LogP contribution in [0.5, 0.6) is 0 Å². The van der Waals surface area contributed by atoms with Gasteiger partial charge in [0.1, 0.15) is 11.2 Å². The standard InChI is InChI=1S/C24H29N3O5/c1-23(2,3)31-21(29)26-20(27-22(30)32-24(4,5)6)25-18-14-12-17(13-15-18)19(28)16-10-8-7-9-11-16/h7-15H,1-6H3,(H2,25,26,27,29,30). The van der Waals surface area contributed by atoms with E-state index in [1.54, 1.807) is 90.1 Å². The molecule has 170 valence electrons. The van der Waals surface area contributed by atoms with Crippen molar-refractivity contribution in [2.45, 2.75) is 52.7 Å². The molecule has 0 spiro atoms. The van der Waals surface area contributed by atoms with Crippen LogP contribution in [0.3, 0.4) is 0 Å². The summed E-state index contributed by atoms with van der Waals surface area (Å²) in [5, 5.41) is 4.82. The third-order valence-corrected chi connectivity index (χ3v) is 3.65. The molecular weight excluding hydrogens is 410 g/mol. The molecule has 0 aliphatic heterocycles. The molecule has 0 radical (unpaired) electrons. The lowest BCUT2D eigenvalue weighted by atomic mass is 10.0. The predicted octanol–water partition coefficient (Wildman–Crippen LogP) is 4.95. The molecule has 0 fully saturated rings. The summed E-state index contributed by atoms with van der Waals surface area (Å²) in [4.78, 5) is 41.2. The molecule has 2 aromatic carbocycles. The second kappa shape index (κ2) is 10.1. The van der Waals surface area contributed by atoms with E-state index in [4.69, 9.17) is 9.47 Å². The Kier molecular flexibility index (Phi) is 7.75. The van der Waals surface area contributed by atoms with E-state index in [-0.39, 0.29) is 11.7 Å². The van der Waals surface area contributed by atoms with Crippen LogP contribution >= 0.6 is 0 Å². The van der Waals surface area contributed by atoms with Crippen LogP contribution in [-0.4, -0.2) is 35.1 Å². The van der Waals surface area contributed by atoms with Gasteiger partial charge >= 0.3 is 12.2 Å². The first kappa shape index (κ1) is 24.6. The maximum absolute atomic E-state index is 12.6. The lowest BCUT2D eigenvalue weighted by molar-refractivity contribution is 0.0545. The number of carbonyl (C=O) groups is 3. The summed E-state index contributed by atoms with van der Waals surface area (Å²) >= 11 is 0. The average molecular weight is 440 g/mol. The summed E-state index contributed by atoms with van der Waals surface area (Å²) in [5.41, 5.74) is -0.0162. The summed E-state index contributed by atoms with van der Waals surface area (Å²) in [6, 6.07) is 15.3. The normalized spacial score (nSPS) is 11.2. The Labute approximate surface area is 188 Å². The largest absolute Gasteiger partial charge is 0.444 e. The van der Waals surface area contributed by atoms with Crippen molar-refractivity contribution in [2.75, 3.05) is 0 Å². The molecule has 0 bridgehead atoms. The highest BCUT2D eigenvalue weighted by atomic mass is 16.6. The molecule has 2 N–H and O–H groups in total. The number of hydrogen-bond donors (Lipinski definition) is 2. The zero-order chi connectivity index (χ0) is 23.9. The molecule has 2 amide bonds. The second-order valence-electron chi connectivity index (χ2n) is 8.96. The smallest absolute Gasteiger partial charge is 0.414 e. The Morgan fingerprint density at radius 1 is 0.688 bits per heavy atom. The predicted molar refractivity (Wildman–Crippen MR) is 122 cm³/mol. The Morgan fingerprint density at radius 2 is 1.12 bits per heavy atom. The van der Waals surface area contributed by atoms with E-state index in [1.165, 1.54) is 0 Å². The lowest BCUT2D eigenvalue weighted by Gasteiger charge is -2.22. The Balaban J connectivity index is 2.23. The summed E-state index contributed by atoms with van der Waals surface area (Å²) < 4.78 is 10.4. The Hall–Kier alpha value is -3.68. The van der Waals surface area contributed by atoms with Gasteiger partial charge in [-0.1, -0.05) is 30.3 Å². The highest BCUT2D eigenvalue weighted by molar-refractivity contribution is 6.09. The lowest BCUT2D eigenvalue weighted by Crippen LogP contribution is -2.47. The van der Waals surface area contributed by atoms with Gasteiger partial charge in [0.25, 0.3) is 0 Å². The van der Waals surface area contributed by atoms with Crippen molar-refractivity contribution in [3.05, 3.63) is 65.7 Å². The molecule has 0 unspecified atom stereocenters. The summed E-state index contributed by atoms with van der Waals surface area (Å²) in [7, 11) is 0. The van der Waals surface area contributed by atoms with Crippen LogP contribution in [0.25, 0.3) is 0 Å². The monoisotopic (exact) mass is 439 g/mol. The molecule has 2 aromatic rings. The number of benzene rings is 2. The Morgan fingerprint density at radius 3 is 1.56 bits per heavy atom. The number of ether oxygens (including phenoxy) is 2. The van der Waals surface area contributed by atoms with E-state index in [1.807, 2.05) is 6.07 Å². The highest BCUT2D eigenvalue weighted by Gasteiger charge is 2.21. The first-order valence-corrected chi connectivity index (χ1v) is 10.1. The van der Waals surface area contributed by atoms with Gasteiger partial charge in [-0.05, 0) is 65.8 Å². The number of alkyl carbamates (subject to hydrolysis) is 2. The minimum Gasteiger partial charge on any atom is -0.444 e. The first-order chi connectivity index (χ1) is 14.8. The second-order valence-corrected chi connectivity index (χ2v) is 8.96. The molecule has 0 saturated carbocycles. The van der Waals surface area contributed by atoms with Crippen molar-refractivity contribution in [2.24, 2.45) is 4.99 Å². The van der Waals surface area contributed by atoms with E-state index >= 15 is 0 Å². The van der Waals surface area contributed by atoms with Gasteiger partial charge in [0.15, 0.2) is 5.78 Å². The van der Waals surface area contributed by atoms with E-state index in [0.29, 0.717) is 16.8 Å². The van der Waals surface area contributed by atoms with Gasteiger partial charge in [-0.2, -0.15) is 0 Å². The maximum Gasteiger partial charge on any atom is 0.414 e. The number of amides is 2. The van der Waals surface area contributed by atoms with Crippen molar-refractivity contribution in [3.63, 3.8) is 0 Å². The van der Waals surface area contributed by atoms with Crippen molar-refractivity contribution in [1.82, 2.24) is 10.6 Å². The highest BCUT2D eigenvalue weighted by Crippen LogP contribution is 2.16. The molecular formula is C24H29N3O5. The number of ketones is 1. The fraction of sp³-hybridized carbons (Fsp3) is 0.333. The SMILES string of the molecule is CC(C)(C)OC(=O)NC(=Nc1ccc(C(=O)c2ccccc2)cc1)NC(=O)OC(C)(C)C. The molecule has 0 saturated heterocycles. The van der Waals surface area contributed by atoms with Gasteiger partial charge in [-0.15, -0.1) is 0 Å². The van der Waals surface area contributed by atoms with Gasteiger partial charge in [-0.3, -0.25) is 15.4 Å². The van der Waals surface area contributed by atoms with Crippen LogP contribution in [0.2, 0.25) is 0 Å². The van der Waals surface area contributed by atoms with Gasteiger partial charge in [0, 0.05) is 11.1 Å². The third-order valence-electron chi connectivity index (χ3n) is 3.65. The summed E-state index contributed by atoms with van der Waals surface area (Å²) in [6.07, 6.45) is -1.58. The van der Waals surface area contributed by atoms with E-state index in [9.17, 15) is 14.4 Å². The molecule has 0 aliphatic rings.